The second kappa shape index (κ2) is 8.42. The summed E-state index contributed by atoms with van der Waals surface area (Å²) < 4.78 is 12.7. The highest BCUT2D eigenvalue weighted by Gasteiger charge is 2.11. The molecular weight excluding hydrogens is 356 g/mol. The number of hydrogen-bond acceptors (Lipinski definition) is 3. The first-order valence-corrected chi connectivity index (χ1v) is 7.52. The fourth-order valence-electron chi connectivity index (χ4n) is 1.70. The van der Waals surface area contributed by atoms with E-state index in [1.807, 2.05) is 0 Å². The number of nitrogens with zero attached hydrogens (tertiary/aromatic N) is 1. The third kappa shape index (κ3) is 5.33. The molecule has 2 amide bonds. The van der Waals surface area contributed by atoms with E-state index in [0.717, 1.165) is 0 Å². The highest BCUT2D eigenvalue weighted by atomic mass is 35.5. The number of carbonyl (C=O) groups excluding carboxylic acids is 2. The Morgan fingerprint density at radius 3 is 2.50 bits per heavy atom. The Morgan fingerprint density at radius 1 is 1.12 bits per heavy atom. The summed E-state index contributed by atoms with van der Waals surface area (Å²) >= 11 is 11.7. The lowest BCUT2D eigenvalue weighted by Gasteiger charge is -2.06. The third-order valence-corrected chi connectivity index (χ3v) is 3.41. The molecule has 0 saturated carbocycles. The van der Waals surface area contributed by atoms with Crippen molar-refractivity contribution in [1.29, 1.82) is 0 Å². The molecule has 5 nitrogen and oxygen atoms in total. The maximum Gasteiger partial charge on any atom is 0.259 e. The largest absolute Gasteiger partial charge is 0.343 e. The van der Waals surface area contributed by atoms with Gasteiger partial charge in [-0.25, -0.2) is 9.82 Å². The van der Waals surface area contributed by atoms with Crippen LogP contribution in [0.25, 0.3) is 0 Å². The van der Waals surface area contributed by atoms with E-state index >= 15 is 0 Å². The van der Waals surface area contributed by atoms with E-state index in [9.17, 15) is 14.0 Å². The summed E-state index contributed by atoms with van der Waals surface area (Å²) in [7, 11) is 0. The molecule has 0 bridgehead atoms. The number of halogens is 3. The van der Waals surface area contributed by atoms with Crippen LogP contribution in [0, 0.1) is 5.82 Å². The van der Waals surface area contributed by atoms with Gasteiger partial charge in [0.1, 0.15) is 5.82 Å². The lowest BCUT2D eigenvalue weighted by atomic mass is 10.2. The first-order valence-electron chi connectivity index (χ1n) is 6.76. The summed E-state index contributed by atoms with van der Waals surface area (Å²) in [6.45, 7) is -0.279. The summed E-state index contributed by atoms with van der Waals surface area (Å²) in [6, 6.07) is 9.99. The molecule has 24 heavy (non-hydrogen) atoms. The Bertz CT molecular complexity index is 779. The van der Waals surface area contributed by atoms with Crippen LogP contribution in [-0.2, 0) is 4.79 Å². The number of hydrogen-bond donors (Lipinski definition) is 2. The van der Waals surface area contributed by atoms with Crippen molar-refractivity contribution in [2.75, 3.05) is 6.54 Å². The van der Waals surface area contributed by atoms with Gasteiger partial charge in [0.2, 0.25) is 0 Å². The van der Waals surface area contributed by atoms with Crippen molar-refractivity contribution in [1.82, 2.24) is 10.7 Å². The quantitative estimate of drug-likeness (QED) is 0.629. The first kappa shape index (κ1) is 17.9. The van der Waals surface area contributed by atoms with Gasteiger partial charge in [0, 0.05) is 5.02 Å². The summed E-state index contributed by atoms with van der Waals surface area (Å²) in [5.74, 6) is -1.39. The fourth-order valence-corrected chi connectivity index (χ4v) is 2.19. The molecule has 0 fully saturated rings. The van der Waals surface area contributed by atoms with Gasteiger partial charge >= 0.3 is 0 Å². The van der Waals surface area contributed by atoms with E-state index in [1.165, 1.54) is 48.7 Å². The molecule has 8 heteroatoms. The van der Waals surface area contributed by atoms with Crippen LogP contribution in [-0.4, -0.2) is 24.6 Å². The molecule has 0 heterocycles. The lowest BCUT2D eigenvalue weighted by Crippen LogP contribution is -2.35. The van der Waals surface area contributed by atoms with Crippen LogP contribution in [0.5, 0.6) is 0 Å². The number of carbonyl (C=O) groups is 2. The molecule has 2 rings (SSSR count). The predicted octanol–water partition coefficient (Wildman–Crippen LogP) is 3.01. The lowest BCUT2D eigenvalue weighted by molar-refractivity contribution is -0.120. The molecule has 124 valence electrons. The molecule has 2 aromatic rings. The maximum atomic E-state index is 12.7. The number of benzene rings is 2. The third-order valence-electron chi connectivity index (χ3n) is 2.86. The van der Waals surface area contributed by atoms with E-state index in [4.69, 9.17) is 23.2 Å². The molecular formula is C16H12Cl2FN3O2. The van der Waals surface area contributed by atoms with Crippen LogP contribution in [0.1, 0.15) is 15.9 Å². The minimum atomic E-state index is -0.521. The molecule has 0 radical (unpaired) electrons. The summed E-state index contributed by atoms with van der Waals surface area (Å²) in [4.78, 5) is 23.5. The van der Waals surface area contributed by atoms with Crippen molar-refractivity contribution in [3.63, 3.8) is 0 Å². The Labute approximate surface area is 147 Å². The number of hydrazone groups is 1. The maximum absolute atomic E-state index is 12.7. The van der Waals surface area contributed by atoms with Crippen LogP contribution in [0.4, 0.5) is 4.39 Å². The van der Waals surface area contributed by atoms with E-state index < -0.39 is 11.8 Å². The highest BCUT2D eigenvalue weighted by Crippen LogP contribution is 2.20. The SMILES string of the molecule is O=C(CNC(=O)c1ccc(Cl)cc1Cl)N/N=C\c1ccc(F)cc1. The van der Waals surface area contributed by atoms with Crippen LogP contribution >= 0.6 is 23.2 Å². The van der Waals surface area contributed by atoms with Gasteiger partial charge in [-0.15, -0.1) is 0 Å². The molecule has 0 aromatic heterocycles. The normalized spacial score (nSPS) is 10.6. The molecule has 0 aliphatic rings. The van der Waals surface area contributed by atoms with Crippen molar-refractivity contribution >= 4 is 41.2 Å². The van der Waals surface area contributed by atoms with E-state index in [2.05, 4.69) is 15.8 Å². The average Bonchev–Trinajstić information content (AvgIpc) is 2.54. The van der Waals surface area contributed by atoms with Crippen molar-refractivity contribution in [2.24, 2.45) is 5.10 Å². The van der Waals surface area contributed by atoms with Gasteiger partial charge in [-0.2, -0.15) is 5.10 Å². The van der Waals surface area contributed by atoms with E-state index in [-0.39, 0.29) is 22.9 Å². The molecule has 0 atom stereocenters. The van der Waals surface area contributed by atoms with Crippen LogP contribution in [0.15, 0.2) is 47.6 Å². The van der Waals surface area contributed by atoms with Gasteiger partial charge in [0.05, 0.1) is 23.3 Å². The zero-order chi connectivity index (χ0) is 17.5. The summed E-state index contributed by atoms with van der Waals surface area (Å²) in [5, 5.41) is 6.72. The van der Waals surface area contributed by atoms with Crippen LogP contribution in [0.2, 0.25) is 10.0 Å². The van der Waals surface area contributed by atoms with E-state index in [1.54, 1.807) is 0 Å². The van der Waals surface area contributed by atoms with E-state index in [0.29, 0.717) is 10.6 Å². The molecule has 2 aromatic carbocycles. The monoisotopic (exact) mass is 367 g/mol. The predicted molar refractivity (Wildman–Crippen MR) is 90.9 cm³/mol. The number of rotatable bonds is 5. The second-order valence-corrected chi connectivity index (χ2v) is 5.50. The highest BCUT2D eigenvalue weighted by molar-refractivity contribution is 6.36. The van der Waals surface area contributed by atoms with Crippen molar-refractivity contribution < 1.29 is 14.0 Å². The van der Waals surface area contributed by atoms with Gasteiger partial charge in [-0.3, -0.25) is 9.59 Å². The summed E-state index contributed by atoms with van der Waals surface area (Å²) in [6.07, 6.45) is 1.36. The number of amides is 2. The topological polar surface area (TPSA) is 70.6 Å². The van der Waals surface area contributed by atoms with Gasteiger partial charge in [0.15, 0.2) is 0 Å². The van der Waals surface area contributed by atoms with Crippen molar-refractivity contribution in [2.45, 2.75) is 0 Å². The molecule has 0 aliphatic carbocycles. The minimum Gasteiger partial charge on any atom is -0.343 e. The second-order valence-electron chi connectivity index (χ2n) is 4.65. The van der Waals surface area contributed by atoms with Gasteiger partial charge in [0.25, 0.3) is 11.8 Å². The molecule has 0 unspecified atom stereocenters. The van der Waals surface area contributed by atoms with Crippen LogP contribution in [0.3, 0.4) is 0 Å². The Balaban J connectivity index is 1.82. The molecule has 0 saturated heterocycles. The Morgan fingerprint density at radius 2 is 1.83 bits per heavy atom. The van der Waals surface area contributed by atoms with Crippen LogP contribution < -0.4 is 10.7 Å². The van der Waals surface area contributed by atoms with Gasteiger partial charge < -0.3 is 5.32 Å². The zero-order valence-corrected chi connectivity index (χ0v) is 13.7. The Hall–Kier alpha value is -2.44. The van der Waals surface area contributed by atoms with Crippen molar-refractivity contribution in [3.05, 3.63) is 69.5 Å². The fraction of sp³-hybridized carbons (Fsp3) is 0.0625. The van der Waals surface area contributed by atoms with Crippen molar-refractivity contribution in [3.8, 4) is 0 Å². The Kier molecular flexibility index (Phi) is 6.28. The standard InChI is InChI=1S/C16H12Cl2FN3O2/c17-11-3-6-13(14(18)7-11)16(24)20-9-15(23)22-21-8-10-1-4-12(19)5-2-10/h1-8H,9H2,(H,20,24)(H,22,23)/b21-8-. The van der Waals surface area contributed by atoms with Gasteiger partial charge in [-0.05, 0) is 35.9 Å². The molecule has 0 aliphatic heterocycles. The molecule has 2 N–H and O–H groups in total. The zero-order valence-electron chi connectivity index (χ0n) is 12.2. The summed E-state index contributed by atoms with van der Waals surface area (Å²) in [5.41, 5.74) is 3.08. The first-order chi connectivity index (χ1) is 11.5. The van der Waals surface area contributed by atoms with Gasteiger partial charge in [-0.1, -0.05) is 35.3 Å². The average molecular weight is 368 g/mol. The molecule has 0 spiro atoms. The smallest absolute Gasteiger partial charge is 0.259 e. The minimum absolute atomic E-state index is 0.190. The number of nitrogens with one attached hydrogen (secondary N) is 2.